The van der Waals surface area contributed by atoms with Gasteiger partial charge < -0.3 is 14.5 Å². The number of rotatable bonds is 3. The average Bonchev–Trinajstić information content (AvgIpc) is 3.24. The van der Waals surface area contributed by atoms with Crippen LogP contribution in [-0.4, -0.2) is 65.4 Å². The van der Waals surface area contributed by atoms with Crippen LogP contribution in [0.2, 0.25) is 5.02 Å². The van der Waals surface area contributed by atoms with Gasteiger partial charge in [-0.3, -0.25) is 9.69 Å². The van der Waals surface area contributed by atoms with Gasteiger partial charge in [-0.25, -0.2) is 4.79 Å². The lowest BCUT2D eigenvalue weighted by Gasteiger charge is -2.39. The summed E-state index contributed by atoms with van der Waals surface area (Å²) in [6.45, 7) is 8.30. The zero-order chi connectivity index (χ0) is 23.6. The number of hydrogen-bond donors (Lipinski definition) is 0. The van der Waals surface area contributed by atoms with E-state index in [9.17, 15) is 9.59 Å². The molecule has 2 heterocycles. The van der Waals surface area contributed by atoms with Gasteiger partial charge in [0.15, 0.2) is 0 Å². The summed E-state index contributed by atoms with van der Waals surface area (Å²) in [5.74, 6) is 0.516. The Kier molecular flexibility index (Phi) is 7.10. The van der Waals surface area contributed by atoms with Gasteiger partial charge in [0, 0.05) is 42.6 Å². The van der Waals surface area contributed by atoms with Crippen LogP contribution in [-0.2, 0) is 9.53 Å². The standard InChI is InChI=1S/C25H30ClN3O3S/c1-25(2,3)32-24(31)29-21(17-33-23(29)18-9-11-19(26)12-10-18)22(30)28-15-13-27(14-16-28)20-7-5-4-6-8-20/h4-12,21,23H,13-17H2,1-3H3/t21-,23+/m0/s1. The molecular formula is C25H30ClN3O3S. The van der Waals surface area contributed by atoms with E-state index in [1.807, 2.05) is 68.1 Å². The van der Waals surface area contributed by atoms with E-state index in [1.165, 1.54) is 5.69 Å². The van der Waals surface area contributed by atoms with Crippen molar-refractivity contribution in [3.8, 4) is 0 Å². The smallest absolute Gasteiger partial charge is 0.412 e. The second kappa shape index (κ2) is 9.85. The SMILES string of the molecule is CC(C)(C)OC(=O)N1[C@@H](c2ccc(Cl)cc2)SC[C@H]1C(=O)N1CCN(c2ccccc2)CC1. The van der Waals surface area contributed by atoms with E-state index in [1.54, 1.807) is 16.7 Å². The van der Waals surface area contributed by atoms with Crippen molar-refractivity contribution in [1.29, 1.82) is 0 Å². The Labute approximate surface area is 204 Å². The van der Waals surface area contributed by atoms with Crippen LogP contribution < -0.4 is 4.90 Å². The van der Waals surface area contributed by atoms with Crippen LogP contribution in [0.25, 0.3) is 0 Å². The number of hydrogen-bond acceptors (Lipinski definition) is 5. The molecule has 2 aromatic rings. The van der Waals surface area contributed by atoms with Crippen molar-refractivity contribution >= 4 is 41.1 Å². The van der Waals surface area contributed by atoms with Crippen molar-refractivity contribution in [3.63, 3.8) is 0 Å². The fraction of sp³-hybridized carbons (Fsp3) is 0.440. The number of ether oxygens (including phenoxy) is 1. The zero-order valence-electron chi connectivity index (χ0n) is 19.2. The third kappa shape index (κ3) is 5.58. The van der Waals surface area contributed by atoms with Gasteiger partial charge in [-0.15, -0.1) is 11.8 Å². The number of carbonyl (C=O) groups excluding carboxylic acids is 2. The summed E-state index contributed by atoms with van der Waals surface area (Å²) in [4.78, 5) is 32.6. The monoisotopic (exact) mass is 487 g/mol. The maximum Gasteiger partial charge on any atom is 0.412 e. The van der Waals surface area contributed by atoms with Crippen molar-refractivity contribution < 1.29 is 14.3 Å². The summed E-state index contributed by atoms with van der Waals surface area (Å²) in [6, 6.07) is 17.1. The van der Waals surface area contributed by atoms with E-state index in [-0.39, 0.29) is 11.3 Å². The molecule has 0 radical (unpaired) electrons. The van der Waals surface area contributed by atoms with Crippen LogP contribution in [0.5, 0.6) is 0 Å². The molecule has 0 aliphatic carbocycles. The van der Waals surface area contributed by atoms with Crippen LogP contribution in [0.15, 0.2) is 54.6 Å². The molecule has 4 rings (SSSR count). The summed E-state index contributed by atoms with van der Waals surface area (Å²) in [5, 5.41) is 0.339. The minimum absolute atomic E-state index is 0.0162. The van der Waals surface area contributed by atoms with Crippen molar-refractivity contribution in [2.75, 3.05) is 36.8 Å². The van der Waals surface area contributed by atoms with Gasteiger partial charge >= 0.3 is 6.09 Å². The highest BCUT2D eigenvalue weighted by Crippen LogP contribution is 2.43. The molecule has 0 unspecified atom stereocenters. The average molecular weight is 488 g/mol. The lowest BCUT2D eigenvalue weighted by atomic mass is 10.1. The number of carbonyl (C=O) groups is 2. The minimum Gasteiger partial charge on any atom is -0.444 e. The van der Waals surface area contributed by atoms with Crippen molar-refractivity contribution in [1.82, 2.24) is 9.80 Å². The molecule has 6 nitrogen and oxygen atoms in total. The Bertz CT molecular complexity index is 973. The zero-order valence-corrected chi connectivity index (χ0v) is 20.8. The molecular weight excluding hydrogens is 458 g/mol. The largest absolute Gasteiger partial charge is 0.444 e. The molecule has 2 aliphatic rings. The number of benzene rings is 2. The molecule has 2 atom stereocenters. The summed E-state index contributed by atoms with van der Waals surface area (Å²) in [6.07, 6.45) is -0.464. The Morgan fingerprint density at radius 1 is 0.970 bits per heavy atom. The Morgan fingerprint density at radius 3 is 2.21 bits per heavy atom. The van der Waals surface area contributed by atoms with E-state index >= 15 is 0 Å². The predicted molar refractivity (Wildman–Crippen MR) is 134 cm³/mol. The molecule has 0 saturated carbocycles. The van der Waals surface area contributed by atoms with Crippen LogP contribution in [0.1, 0.15) is 31.7 Å². The van der Waals surface area contributed by atoms with Gasteiger partial charge in [0.2, 0.25) is 5.91 Å². The fourth-order valence-corrected chi connectivity index (χ4v) is 5.69. The molecule has 0 spiro atoms. The van der Waals surface area contributed by atoms with Crippen LogP contribution in [0, 0.1) is 0 Å². The number of anilines is 1. The second-order valence-corrected chi connectivity index (χ2v) is 10.8. The first-order valence-corrected chi connectivity index (χ1v) is 12.6. The number of piperazine rings is 1. The predicted octanol–water partition coefficient (Wildman–Crippen LogP) is 5.04. The van der Waals surface area contributed by atoms with Gasteiger partial charge in [0.1, 0.15) is 17.0 Å². The maximum atomic E-state index is 13.6. The first kappa shape index (κ1) is 23.8. The highest BCUT2D eigenvalue weighted by molar-refractivity contribution is 7.99. The Balaban J connectivity index is 1.50. The molecule has 0 aromatic heterocycles. The molecule has 2 aliphatic heterocycles. The molecule has 2 saturated heterocycles. The van der Waals surface area contributed by atoms with Gasteiger partial charge in [-0.05, 0) is 50.6 Å². The minimum atomic E-state index is -0.649. The number of para-hydroxylation sites is 1. The van der Waals surface area contributed by atoms with Gasteiger partial charge in [0.25, 0.3) is 0 Å². The highest BCUT2D eigenvalue weighted by Gasteiger charge is 2.45. The van der Waals surface area contributed by atoms with Gasteiger partial charge in [-0.1, -0.05) is 41.9 Å². The van der Waals surface area contributed by atoms with Crippen molar-refractivity contribution in [2.24, 2.45) is 0 Å². The summed E-state index contributed by atoms with van der Waals surface area (Å²) < 4.78 is 5.71. The number of amides is 2. The summed E-state index contributed by atoms with van der Waals surface area (Å²) >= 11 is 7.65. The van der Waals surface area contributed by atoms with Crippen LogP contribution in [0.3, 0.4) is 0 Å². The molecule has 2 amide bonds. The second-order valence-electron chi connectivity index (χ2n) is 9.29. The van der Waals surface area contributed by atoms with E-state index in [4.69, 9.17) is 16.3 Å². The molecule has 0 bridgehead atoms. The Morgan fingerprint density at radius 2 is 1.61 bits per heavy atom. The topological polar surface area (TPSA) is 53.1 Å². The van der Waals surface area contributed by atoms with Gasteiger partial charge in [0.05, 0.1) is 0 Å². The Hall–Kier alpha value is -2.38. The summed E-state index contributed by atoms with van der Waals surface area (Å²) in [7, 11) is 0. The van der Waals surface area contributed by atoms with E-state index < -0.39 is 17.7 Å². The third-order valence-electron chi connectivity index (χ3n) is 5.76. The molecule has 2 fully saturated rings. The number of halogens is 1. The number of nitrogens with zero attached hydrogens (tertiary/aromatic N) is 3. The first-order valence-electron chi connectivity index (χ1n) is 11.2. The maximum absolute atomic E-state index is 13.6. The van der Waals surface area contributed by atoms with E-state index in [0.29, 0.717) is 23.9 Å². The van der Waals surface area contributed by atoms with Crippen molar-refractivity contribution in [2.45, 2.75) is 37.8 Å². The highest BCUT2D eigenvalue weighted by atomic mass is 35.5. The van der Waals surface area contributed by atoms with Crippen LogP contribution >= 0.6 is 23.4 Å². The van der Waals surface area contributed by atoms with E-state index in [0.717, 1.165) is 18.7 Å². The summed E-state index contributed by atoms with van der Waals surface area (Å²) in [5.41, 5.74) is 1.45. The normalized spacial score (nSPS) is 21.3. The van der Waals surface area contributed by atoms with Crippen LogP contribution in [0.4, 0.5) is 10.5 Å². The van der Waals surface area contributed by atoms with Crippen molar-refractivity contribution in [3.05, 3.63) is 65.2 Å². The lowest BCUT2D eigenvalue weighted by Crippen LogP contribution is -2.55. The molecule has 8 heteroatoms. The molecule has 33 heavy (non-hydrogen) atoms. The van der Waals surface area contributed by atoms with Gasteiger partial charge in [-0.2, -0.15) is 0 Å². The third-order valence-corrected chi connectivity index (χ3v) is 7.33. The fourth-order valence-electron chi connectivity index (χ4n) is 4.15. The quantitative estimate of drug-likeness (QED) is 0.607. The lowest BCUT2D eigenvalue weighted by molar-refractivity contribution is -0.136. The van der Waals surface area contributed by atoms with E-state index in [2.05, 4.69) is 17.0 Å². The number of thioether (sulfide) groups is 1. The molecule has 0 N–H and O–H groups in total. The molecule has 2 aromatic carbocycles. The first-order chi connectivity index (χ1) is 15.7. The molecule has 176 valence electrons.